The minimum atomic E-state index is 0.546. The van der Waals surface area contributed by atoms with Gasteiger partial charge in [0.2, 0.25) is 5.89 Å². The fraction of sp³-hybridized carbons (Fsp3) is 0.0625. The van der Waals surface area contributed by atoms with Crippen molar-refractivity contribution in [1.29, 1.82) is 0 Å². The van der Waals surface area contributed by atoms with E-state index < -0.39 is 0 Å². The zero-order valence-corrected chi connectivity index (χ0v) is 11.6. The molecule has 0 N–H and O–H groups in total. The van der Waals surface area contributed by atoms with Gasteiger partial charge in [0.1, 0.15) is 11.3 Å². The zero-order valence-electron chi connectivity index (χ0n) is 10.8. The predicted octanol–water partition coefficient (Wildman–Crippen LogP) is 4.66. The Hall–Kier alpha value is -2.26. The molecule has 0 saturated carbocycles. The molecule has 1 heterocycles. The van der Waals surface area contributed by atoms with Gasteiger partial charge in [-0.25, -0.2) is 4.98 Å². The second kappa shape index (κ2) is 5.39. The number of rotatable bonds is 3. The molecule has 100 valence electrons. The third kappa shape index (κ3) is 2.68. The van der Waals surface area contributed by atoms with Gasteiger partial charge >= 0.3 is 0 Å². The molecule has 3 rings (SSSR count). The summed E-state index contributed by atoms with van der Waals surface area (Å²) >= 11 is 5.92. The highest BCUT2D eigenvalue weighted by molar-refractivity contribution is 6.31. The number of hydrogen-bond donors (Lipinski definition) is 0. The molecular weight excluding hydrogens is 274 g/mol. The molecule has 0 saturated heterocycles. The molecule has 0 aliphatic rings. The third-order valence-corrected chi connectivity index (χ3v) is 3.11. The molecule has 1 aromatic heterocycles. The standard InChI is InChI=1S/C16H12ClNO2/c1-19-13-4-2-3-11(9-13)5-8-16-18-14-10-12(17)6-7-15(14)20-16/h2-10H,1H3/b8-5+. The van der Waals surface area contributed by atoms with Gasteiger partial charge in [0.05, 0.1) is 7.11 Å². The molecule has 4 heteroatoms. The van der Waals surface area contributed by atoms with Crippen molar-refractivity contribution in [2.24, 2.45) is 0 Å². The summed E-state index contributed by atoms with van der Waals surface area (Å²) < 4.78 is 10.8. The average molecular weight is 286 g/mol. The Morgan fingerprint density at radius 3 is 2.90 bits per heavy atom. The number of nitrogens with zero attached hydrogens (tertiary/aromatic N) is 1. The van der Waals surface area contributed by atoms with Crippen LogP contribution in [0.1, 0.15) is 11.5 Å². The second-order valence-electron chi connectivity index (χ2n) is 4.27. The number of halogens is 1. The molecule has 3 nitrogen and oxygen atoms in total. The first-order valence-electron chi connectivity index (χ1n) is 6.13. The van der Waals surface area contributed by atoms with Gasteiger partial charge in [-0.05, 0) is 42.0 Å². The van der Waals surface area contributed by atoms with Crippen LogP contribution in [0.2, 0.25) is 5.02 Å². The molecule has 0 bridgehead atoms. The maximum absolute atomic E-state index is 5.92. The topological polar surface area (TPSA) is 35.3 Å². The van der Waals surface area contributed by atoms with Crippen molar-refractivity contribution in [3.8, 4) is 5.75 Å². The van der Waals surface area contributed by atoms with Crippen LogP contribution in [0.3, 0.4) is 0 Å². The van der Waals surface area contributed by atoms with Crippen LogP contribution in [0.15, 0.2) is 46.9 Å². The van der Waals surface area contributed by atoms with Crippen molar-refractivity contribution in [3.63, 3.8) is 0 Å². The smallest absolute Gasteiger partial charge is 0.220 e. The van der Waals surface area contributed by atoms with Crippen LogP contribution in [0, 0.1) is 0 Å². The second-order valence-corrected chi connectivity index (χ2v) is 4.71. The molecule has 3 aromatic rings. The van der Waals surface area contributed by atoms with Crippen LogP contribution in [0.4, 0.5) is 0 Å². The van der Waals surface area contributed by atoms with Gasteiger partial charge in [-0.15, -0.1) is 0 Å². The Kier molecular flexibility index (Phi) is 3.44. The lowest BCUT2D eigenvalue weighted by molar-refractivity contribution is 0.414. The van der Waals surface area contributed by atoms with E-state index in [1.165, 1.54) is 0 Å². The Bertz CT molecular complexity index is 777. The maximum Gasteiger partial charge on any atom is 0.220 e. The summed E-state index contributed by atoms with van der Waals surface area (Å²) in [5.41, 5.74) is 2.49. The first kappa shape index (κ1) is 12.8. The van der Waals surface area contributed by atoms with Crippen LogP contribution in [-0.4, -0.2) is 12.1 Å². The number of hydrogen-bond acceptors (Lipinski definition) is 3. The summed E-state index contributed by atoms with van der Waals surface area (Å²) in [6.45, 7) is 0. The largest absolute Gasteiger partial charge is 0.497 e. The highest BCUT2D eigenvalue weighted by atomic mass is 35.5. The van der Waals surface area contributed by atoms with Crippen molar-refractivity contribution in [2.45, 2.75) is 0 Å². The number of oxazole rings is 1. The number of aromatic nitrogens is 1. The summed E-state index contributed by atoms with van der Waals surface area (Å²) in [7, 11) is 1.65. The van der Waals surface area contributed by atoms with Crippen molar-refractivity contribution in [3.05, 3.63) is 58.9 Å². The van der Waals surface area contributed by atoms with Crippen molar-refractivity contribution >= 4 is 34.9 Å². The lowest BCUT2D eigenvalue weighted by Crippen LogP contribution is -1.82. The molecule has 0 atom stereocenters. The van der Waals surface area contributed by atoms with Gasteiger partial charge in [0, 0.05) is 11.1 Å². The molecule has 0 aliphatic carbocycles. The van der Waals surface area contributed by atoms with Crippen LogP contribution in [0.25, 0.3) is 23.3 Å². The quantitative estimate of drug-likeness (QED) is 0.702. The molecular formula is C16H12ClNO2. The van der Waals surface area contributed by atoms with E-state index in [-0.39, 0.29) is 0 Å². The Morgan fingerprint density at radius 1 is 1.15 bits per heavy atom. The highest BCUT2D eigenvalue weighted by Crippen LogP contribution is 2.21. The number of ether oxygens (including phenoxy) is 1. The third-order valence-electron chi connectivity index (χ3n) is 2.88. The predicted molar refractivity (Wildman–Crippen MR) is 80.9 cm³/mol. The first-order chi connectivity index (χ1) is 9.74. The summed E-state index contributed by atoms with van der Waals surface area (Å²) in [5.74, 6) is 1.36. The van der Waals surface area contributed by atoms with Crippen molar-refractivity contribution in [1.82, 2.24) is 4.98 Å². The Labute approximate surface area is 121 Å². The average Bonchev–Trinajstić information content (AvgIpc) is 2.87. The Balaban J connectivity index is 1.89. The zero-order chi connectivity index (χ0) is 13.9. The van der Waals surface area contributed by atoms with Crippen LogP contribution < -0.4 is 4.74 Å². The summed E-state index contributed by atoms with van der Waals surface area (Å²) in [5, 5.41) is 0.647. The van der Waals surface area contributed by atoms with E-state index in [0.29, 0.717) is 10.9 Å². The van der Waals surface area contributed by atoms with Crippen LogP contribution in [0.5, 0.6) is 5.75 Å². The Morgan fingerprint density at radius 2 is 2.05 bits per heavy atom. The van der Waals surface area contributed by atoms with Gasteiger partial charge in [-0.2, -0.15) is 0 Å². The fourth-order valence-corrected chi connectivity index (χ4v) is 2.07. The molecule has 0 unspecified atom stereocenters. The molecule has 0 amide bonds. The van der Waals surface area contributed by atoms with E-state index in [2.05, 4.69) is 4.98 Å². The van der Waals surface area contributed by atoms with Gasteiger partial charge in [-0.1, -0.05) is 23.7 Å². The van der Waals surface area contributed by atoms with E-state index in [9.17, 15) is 0 Å². The SMILES string of the molecule is COc1cccc(/C=C/c2nc3cc(Cl)ccc3o2)c1. The molecule has 20 heavy (non-hydrogen) atoms. The van der Waals surface area contributed by atoms with Gasteiger partial charge < -0.3 is 9.15 Å². The van der Waals surface area contributed by atoms with E-state index in [0.717, 1.165) is 22.4 Å². The van der Waals surface area contributed by atoms with Gasteiger partial charge in [-0.3, -0.25) is 0 Å². The van der Waals surface area contributed by atoms with E-state index in [1.54, 1.807) is 19.2 Å². The monoisotopic (exact) mass is 285 g/mol. The molecule has 0 aliphatic heterocycles. The van der Waals surface area contributed by atoms with Gasteiger partial charge in [0.15, 0.2) is 5.58 Å². The van der Waals surface area contributed by atoms with E-state index >= 15 is 0 Å². The van der Waals surface area contributed by atoms with Gasteiger partial charge in [0.25, 0.3) is 0 Å². The first-order valence-corrected chi connectivity index (χ1v) is 6.50. The number of methoxy groups -OCH3 is 1. The molecule has 2 aromatic carbocycles. The summed E-state index contributed by atoms with van der Waals surface area (Å²) in [6, 6.07) is 13.1. The summed E-state index contributed by atoms with van der Waals surface area (Å²) in [4.78, 5) is 4.36. The van der Waals surface area contributed by atoms with Crippen LogP contribution >= 0.6 is 11.6 Å². The maximum atomic E-state index is 5.92. The minimum Gasteiger partial charge on any atom is -0.497 e. The molecule has 0 radical (unpaired) electrons. The fourth-order valence-electron chi connectivity index (χ4n) is 1.90. The number of benzene rings is 2. The minimum absolute atomic E-state index is 0.546. The van der Waals surface area contributed by atoms with Crippen LogP contribution in [-0.2, 0) is 0 Å². The number of fused-ring (bicyclic) bond motifs is 1. The van der Waals surface area contributed by atoms with E-state index in [4.69, 9.17) is 20.8 Å². The lowest BCUT2D eigenvalue weighted by atomic mass is 10.2. The van der Waals surface area contributed by atoms with Crippen molar-refractivity contribution in [2.75, 3.05) is 7.11 Å². The van der Waals surface area contributed by atoms with Crippen molar-refractivity contribution < 1.29 is 9.15 Å². The summed E-state index contributed by atoms with van der Waals surface area (Å²) in [6.07, 6.45) is 3.75. The van der Waals surface area contributed by atoms with E-state index in [1.807, 2.05) is 42.5 Å². The lowest BCUT2D eigenvalue weighted by Gasteiger charge is -1.99. The molecule has 0 fully saturated rings. The molecule has 0 spiro atoms. The normalized spacial score (nSPS) is 11.3. The highest BCUT2D eigenvalue weighted by Gasteiger charge is 2.03.